The van der Waals surface area contributed by atoms with Gasteiger partial charge in [0.2, 0.25) is 6.41 Å². The Morgan fingerprint density at radius 1 is 1.47 bits per heavy atom. The number of carbonyl (C=O) groups excluding carboxylic acids is 1. The van der Waals surface area contributed by atoms with Gasteiger partial charge in [0, 0.05) is 25.7 Å². The summed E-state index contributed by atoms with van der Waals surface area (Å²) in [5.74, 6) is -0.880. The van der Waals surface area contributed by atoms with E-state index in [0.29, 0.717) is 31.8 Å². The molecule has 1 heterocycles. The molecule has 0 aliphatic carbocycles. The van der Waals surface area contributed by atoms with E-state index in [1.54, 1.807) is 0 Å². The Kier molecular flexibility index (Phi) is 4.51. The quantitative estimate of drug-likeness (QED) is 0.724. The molecule has 1 rings (SSSR count). The van der Waals surface area contributed by atoms with Crippen LogP contribution < -0.4 is 0 Å². The second kappa shape index (κ2) is 5.49. The van der Waals surface area contributed by atoms with Gasteiger partial charge in [-0.25, -0.2) is 4.79 Å². The number of hydrogen-bond donors (Lipinski definition) is 1. The lowest BCUT2D eigenvalue weighted by atomic mass is 9.85. The number of nitrogens with zero attached hydrogens (tertiary/aromatic N) is 2. The fraction of sp³-hybridized carbons (Fsp3) is 0.833. The molecule has 98 valence electrons. The summed E-state index contributed by atoms with van der Waals surface area (Å²) in [4.78, 5) is 26.2. The Bertz CT molecular complexity index is 283. The molecular formula is C12H22N2O3. The average molecular weight is 242 g/mol. The van der Waals surface area contributed by atoms with E-state index in [9.17, 15) is 14.7 Å². The van der Waals surface area contributed by atoms with Crippen LogP contribution in [0, 0.1) is 0 Å². The SMILES string of the molecule is CCN(C=O)C1(C(=O)O)CCN(C(C)C)CC1. The highest BCUT2D eigenvalue weighted by Crippen LogP contribution is 2.29. The van der Waals surface area contributed by atoms with Crippen molar-refractivity contribution in [2.24, 2.45) is 0 Å². The van der Waals surface area contributed by atoms with Crippen molar-refractivity contribution in [1.82, 2.24) is 9.80 Å². The van der Waals surface area contributed by atoms with Crippen LogP contribution in [0.15, 0.2) is 0 Å². The minimum atomic E-state index is -0.998. The third-order valence-electron chi connectivity index (χ3n) is 3.77. The maximum Gasteiger partial charge on any atom is 0.329 e. The Labute approximate surface area is 102 Å². The minimum Gasteiger partial charge on any atom is -0.479 e. The van der Waals surface area contributed by atoms with Gasteiger partial charge in [0.15, 0.2) is 0 Å². The molecule has 1 saturated heterocycles. The first-order valence-corrected chi connectivity index (χ1v) is 6.17. The molecule has 0 unspecified atom stereocenters. The molecule has 1 fully saturated rings. The van der Waals surface area contributed by atoms with Gasteiger partial charge in [-0.15, -0.1) is 0 Å². The van der Waals surface area contributed by atoms with Crippen LogP contribution in [0.25, 0.3) is 0 Å². The van der Waals surface area contributed by atoms with Gasteiger partial charge in [-0.2, -0.15) is 0 Å². The molecule has 0 spiro atoms. The number of hydrogen-bond acceptors (Lipinski definition) is 3. The summed E-state index contributed by atoms with van der Waals surface area (Å²) in [7, 11) is 0. The molecular weight excluding hydrogens is 220 g/mol. The highest BCUT2D eigenvalue weighted by molar-refractivity contribution is 5.81. The lowest BCUT2D eigenvalue weighted by Crippen LogP contribution is -2.60. The molecule has 0 saturated carbocycles. The molecule has 0 aromatic rings. The minimum absolute atomic E-state index is 0.424. The van der Waals surface area contributed by atoms with Crippen molar-refractivity contribution in [2.75, 3.05) is 19.6 Å². The van der Waals surface area contributed by atoms with Gasteiger partial charge < -0.3 is 14.9 Å². The number of rotatable bonds is 5. The molecule has 5 heteroatoms. The van der Waals surface area contributed by atoms with Gasteiger partial charge in [0.1, 0.15) is 5.54 Å². The summed E-state index contributed by atoms with van der Waals surface area (Å²) < 4.78 is 0. The summed E-state index contributed by atoms with van der Waals surface area (Å²) in [6, 6.07) is 0.424. The van der Waals surface area contributed by atoms with Gasteiger partial charge in [0.25, 0.3) is 0 Å². The Morgan fingerprint density at radius 3 is 2.29 bits per heavy atom. The standard InChI is InChI=1S/C12H22N2O3/c1-4-14(9-15)12(11(16)17)5-7-13(8-6-12)10(2)3/h9-10H,4-8H2,1-3H3,(H,16,17). The van der Waals surface area contributed by atoms with Crippen LogP contribution in [0.1, 0.15) is 33.6 Å². The van der Waals surface area contributed by atoms with E-state index >= 15 is 0 Å². The van der Waals surface area contributed by atoms with Crippen LogP contribution in [-0.4, -0.2) is 58.5 Å². The van der Waals surface area contributed by atoms with Gasteiger partial charge >= 0.3 is 5.97 Å². The maximum atomic E-state index is 11.5. The fourth-order valence-corrected chi connectivity index (χ4v) is 2.51. The predicted octanol–water partition coefficient (Wildman–Crippen LogP) is 0.792. The lowest BCUT2D eigenvalue weighted by molar-refractivity contribution is -0.159. The van der Waals surface area contributed by atoms with Crippen molar-refractivity contribution in [2.45, 2.75) is 45.2 Å². The predicted molar refractivity (Wildman–Crippen MR) is 64.8 cm³/mol. The maximum absolute atomic E-state index is 11.5. The third-order valence-corrected chi connectivity index (χ3v) is 3.77. The lowest BCUT2D eigenvalue weighted by Gasteiger charge is -2.45. The number of likely N-dealkylation sites (N-methyl/N-ethyl adjacent to an activating group) is 1. The topological polar surface area (TPSA) is 60.9 Å². The highest BCUT2D eigenvalue weighted by atomic mass is 16.4. The van der Waals surface area contributed by atoms with Crippen LogP contribution in [0.5, 0.6) is 0 Å². The van der Waals surface area contributed by atoms with Crippen molar-refractivity contribution < 1.29 is 14.7 Å². The average Bonchev–Trinajstić information content (AvgIpc) is 2.30. The molecule has 5 nitrogen and oxygen atoms in total. The number of carboxylic acids is 1. The molecule has 0 aromatic heterocycles. The Hall–Kier alpha value is -1.10. The van der Waals surface area contributed by atoms with E-state index in [1.807, 2.05) is 6.92 Å². The molecule has 1 amide bonds. The number of amides is 1. The van der Waals surface area contributed by atoms with Crippen LogP contribution in [0.3, 0.4) is 0 Å². The molecule has 0 aromatic carbocycles. The summed E-state index contributed by atoms with van der Waals surface area (Å²) in [5.41, 5.74) is -0.998. The fourth-order valence-electron chi connectivity index (χ4n) is 2.51. The van der Waals surface area contributed by atoms with E-state index in [-0.39, 0.29) is 0 Å². The zero-order valence-corrected chi connectivity index (χ0v) is 10.8. The van der Waals surface area contributed by atoms with Crippen LogP contribution in [-0.2, 0) is 9.59 Å². The number of piperidine rings is 1. The Morgan fingerprint density at radius 2 is 2.00 bits per heavy atom. The first kappa shape index (κ1) is 14.0. The highest BCUT2D eigenvalue weighted by Gasteiger charge is 2.45. The summed E-state index contributed by atoms with van der Waals surface area (Å²) >= 11 is 0. The molecule has 1 aliphatic rings. The van der Waals surface area contributed by atoms with E-state index < -0.39 is 11.5 Å². The second-order valence-corrected chi connectivity index (χ2v) is 4.86. The smallest absolute Gasteiger partial charge is 0.329 e. The first-order valence-electron chi connectivity index (χ1n) is 6.17. The third kappa shape index (κ3) is 2.60. The van der Waals surface area contributed by atoms with Crippen molar-refractivity contribution >= 4 is 12.4 Å². The van der Waals surface area contributed by atoms with E-state index in [1.165, 1.54) is 4.90 Å². The van der Waals surface area contributed by atoms with Crippen molar-refractivity contribution in [3.05, 3.63) is 0 Å². The zero-order valence-electron chi connectivity index (χ0n) is 10.8. The largest absolute Gasteiger partial charge is 0.479 e. The van der Waals surface area contributed by atoms with Gasteiger partial charge in [-0.1, -0.05) is 0 Å². The van der Waals surface area contributed by atoms with Gasteiger partial charge in [-0.05, 0) is 33.6 Å². The van der Waals surface area contributed by atoms with Crippen LogP contribution in [0.4, 0.5) is 0 Å². The summed E-state index contributed by atoms with van der Waals surface area (Å²) in [6.45, 7) is 7.92. The molecule has 0 atom stereocenters. The monoisotopic (exact) mass is 242 g/mol. The van der Waals surface area contributed by atoms with Crippen molar-refractivity contribution in [3.63, 3.8) is 0 Å². The molecule has 0 radical (unpaired) electrons. The van der Waals surface area contributed by atoms with E-state index in [4.69, 9.17) is 0 Å². The van der Waals surface area contributed by atoms with E-state index in [0.717, 1.165) is 13.1 Å². The normalized spacial score (nSPS) is 20.2. The number of carboxylic acid groups (broad SMARTS) is 1. The van der Waals surface area contributed by atoms with Crippen LogP contribution in [0.2, 0.25) is 0 Å². The number of likely N-dealkylation sites (tertiary alicyclic amines) is 1. The number of carbonyl (C=O) groups is 2. The van der Waals surface area contributed by atoms with Gasteiger partial charge in [-0.3, -0.25) is 4.79 Å². The second-order valence-electron chi connectivity index (χ2n) is 4.86. The molecule has 0 bridgehead atoms. The Balaban J connectivity index is 2.83. The summed E-state index contributed by atoms with van der Waals surface area (Å²) in [6.07, 6.45) is 1.68. The number of aliphatic carboxylic acids is 1. The molecule has 17 heavy (non-hydrogen) atoms. The first-order chi connectivity index (χ1) is 7.97. The van der Waals surface area contributed by atoms with E-state index in [2.05, 4.69) is 18.7 Å². The van der Waals surface area contributed by atoms with Gasteiger partial charge in [0.05, 0.1) is 0 Å². The summed E-state index contributed by atoms with van der Waals surface area (Å²) in [5, 5.41) is 9.43. The molecule has 1 aliphatic heterocycles. The van der Waals surface area contributed by atoms with Crippen molar-refractivity contribution in [1.29, 1.82) is 0 Å². The molecule has 1 N–H and O–H groups in total. The zero-order chi connectivity index (χ0) is 13.1. The van der Waals surface area contributed by atoms with Crippen molar-refractivity contribution in [3.8, 4) is 0 Å². The van der Waals surface area contributed by atoms with Crippen LogP contribution >= 0.6 is 0 Å².